The highest BCUT2D eigenvalue weighted by atomic mass is 35.5. The van der Waals surface area contributed by atoms with Gasteiger partial charge in [0.05, 0.1) is 12.2 Å². The van der Waals surface area contributed by atoms with E-state index >= 15 is 0 Å². The molecule has 0 unspecified atom stereocenters. The maximum absolute atomic E-state index is 6.24. The lowest BCUT2D eigenvalue weighted by Gasteiger charge is -2.24. The predicted molar refractivity (Wildman–Crippen MR) is 62.2 cm³/mol. The molecule has 1 fully saturated rings. The van der Waals surface area contributed by atoms with Crippen molar-refractivity contribution >= 4 is 11.6 Å². The van der Waals surface area contributed by atoms with Crippen LogP contribution in [0.5, 0.6) is 5.88 Å². The highest BCUT2D eigenvalue weighted by molar-refractivity contribution is 6.30. The summed E-state index contributed by atoms with van der Waals surface area (Å²) in [6.45, 7) is 3.84. The Kier molecular flexibility index (Phi) is 2.77. The molecule has 88 valence electrons. The van der Waals surface area contributed by atoms with Crippen molar-refractivity contribution in [2.45, 2.75) is 31.7 Å². The Labute approximate surface area is 99.9 Å². The molecule has 16 heavy (non-hydrogen) atoms. The fraction of sp³-hybridized carbons (Fsp3) is 0.727. The number of rotatable bonds is 1. The first-order chi connectivity index (χ1) is 7.86. The van der Waals surface area contributed by atoms with Gasteiger partial charge in [-0.1, -0.05) is 11.6 Å². The molecule has 4 nitrogen and oxygen atoms in total. The molecular weight excluding hydrogens is 226 g/mol. The fourth-order valence-corrected chi connectivity index (χ4v) is 2.90. The summed E-state index contributed by atoms with van der Waals surface area (Å²) < 4.78 is 7.64. The average molecular weight is 242 g/mol. The number of fused-ring (bicyclic) bond motifs is 1. The van der Waals surface area contributed by atoms with Crippen LogP contribution in [0.1, 0.15) is 30.7 Å². The van der Waals surface area contributed by atoms with Gasteiger partial charge in [-0.05, 0) is 31.8 Å². The quantitative estimate of drug-likeness (QED) is 0.815. The van der Waals surface area contributed by atoms with Crippen LogP contribution in [0.4, 0.5) is 0 Å². The van der Waals surface area contributed by atoms with Crippen LogP contribution in [0.25, 0.3) is 0 Å². The Morgan fingerprint density at radius 2 is 2.19 bits per heavy atom. The van der Waals surface area contributed by atoms with E-state index in [9.17, 15) is 0 Å². The lowest BCUT2D eigenvalue weighted by atomic mass is 9.92. The van der Waals surface area contributed by atoms with Gasteiger partial charge in [0.1, 0.15) is 0 Å². The molecular formula is C11H16ClN3O. The summed E-state index contributed by atoms with van der Waals surface area (Å²) in [6.07, 6.45) is 3.28. The van der Waals surface area contributed by atoms with Gasteiger partial charge in [0.25, 0.3) is 0 Å². The zero-order valence-electron chi connectivity index (χ0n) is 9.21. The van der Waals surface area contributed by atoms with E-state index in [1.54, 1.807) is 0 Å². The fourth-order valence-electron chi connectivity index (χ4n) is 2.57. The lowest BCUT2D eigenvalue weighted by Crippen LogP contribution is -2.27. The number of aryl methyl sites for hydroxylation is 1. The van der Waals surface area contributed by atoms with Gasteiger partial charge < -0.3 is 10.1 Å². The van der Waals surface area contributed by atoms with Crippen molar-refractivity contribution in [1.29, 1.82) is 0 Å². The molecule has 1 aromatic rings. The predicted octanol–water partition coefficient (Wildman–Crippen LogP) is 1.79. The molecule has 0 spiro atoms. The second-order valence-electron chi connectivity index (χ2n) is 4.46. The molecule has 3 rings (SSSR count). The van der Waals surface area contributed by atoms with Gasteiger partial charge in [-0.15, -0.1) is 0 Å². The first-order valence-electron chi connectivity index (χ1n) is 5.96. The first kappa shape index (κ1) is 10.4. The molecule has 0 aliphatic carbocycles. The number of nitrogens with zero attached hydrogens (tertiary/aromatic N) is 2. The number of ether oxygens (including phenoxy) is 1. The summed E-state index contributed by atoms with van der Waals surface area (Å²) in [4.78, 5) is 0. The highest BCUT2D eigenvalue weighted by Crippen LogP contribution is 2.38. The van der Waals surface area contributed by atoms with Crippen LogP contribution in [-0.2, 0) is 6.54 Å². The van der Waals surface area contributed by atoms with Crippen LogP contribution in [0.2, 0.25) is 5.15 Å². The van der Waals surface area contributed by atoms with Crippen molar-refractivity contribution in [1.82, 2.24) is 15.1 Å². The molecule has 1 aromatic heterocycles. The molecule has 2 aliphatic rings. The smallest absolute Gasteiger partial charge is 0.216 e. The second-order valence-corrected chi connectivity index (χ2v) is 4.82. The van der Waals surface area contributed by atoms with E-state index in [-0.39, 0.29) is 0 Å². The van der Waals surface area contributed by atoms with Gasteiger partial charge in [-0.2, -0.15) is 5.10 Å². The van der Waals surface area contributed by atoms with Gasteiger partial charge in [0, 0.05) is 13.0 Å². The minimum atomic E-state index is 0.510. The van der Waals surface area contributed by atoms with Crippen LogP contribution >= 0.6 is 11.6 Å². The standard InChI is InChI=1S/C11H16ClN3O/c12-10-9(8-2-4-13-5-3-8)11-15(14-10)6-1-7-16-11/h8,13H,1-7H2. The molecule has 1 saturated heterocycles. The third kappa shape index (κ3) is 1.70. The van der Waals surface area contributed by atoms with Gasteiger partial charge in [0.2, 0.25) is 5.88 Å². The molecule has 3 heterocycles. The Morgan fingerprint density at radius 1 is 1.38 bits per heavy atom. The topological polar surface area (TPSA) is 39.1 Å². The number of hydrogen-bond donors (Lipinski definition) is 1. The van der Waals surface area contributed by atoms with Crippen molar-refractivity contribution in [3.05, 3.63) is 10.7 Å². The molecule has 0 bridgehead atoms. The SMILES string of the molecule is Clc1nn2c(c1C1CCNCC1)OCCC2. The molecule has 0 radical (unpaired) electrons. The van der Waals surface area contributed by atoms with Crippen LogP contribution in [0.3, 0.4) is 0 Å². The molecule has 0 aromatic carbocycles. The number of hydrogen-bond acceptors (Lipinski definition) is 3. The Morgan fingerprint density at radius 3 is 3.00 bits per heavy atom. The number of halogens is 1. The first-order valence-corrected chi connectivity index (χ1v) is 6.34. The summed E-state index contributed by atoms with van der Waals surface area (Å²) in [6, 6.07) is 0. The largest absolute Gasteiger partial charge is 0.478 e. The normalized spacial score (nSPS) is 21.6. The van der Waals surface area contributed by atoms with Gasteiger partial charge >= 0.3 is 0 Å². The van der Waals surface area contributed by atoms with E-state index in [0.29, 0.717) is 11.1 Å². The van der Waals surface area contributed by atoms with E-state index < -0.39 is 0 Å². The molecule has 1 N–H and O–H groups in total. The van der Waals surface area contributed by atoms with E-state index in [2.05, 4.69) is 10.4 Å². The van der Waals surface area contributed by atoms with Crippen molar-refractivity contribution in [2.24, 2.45) is 0 Å². The van der Waals surface area contributed by atoms with Crippen LogP contribution in [-0.4, -0.2) is 29.5 Å². The van der Waals surface area contributed by atoms with E-state index in [4.69, 9.17) is 16.3 Å². The van der Waals surface area contributed by atoms with Crippen molar-refractivity contribution < 1.29 is 4.74 Å². The number of piperidine rings is 1. The van der Waals surface area contributed by atoms with Crippen LogP contribution in [0.15, 0.2) is 0 Å². The Bertz CT molecular complexity index is 385. The molecule has 0 amide bonds. The minimum Gasteiger partial charge on any atom is -0.478 e. The zero-order chi connectivity index (χ0) is 11.0. The minimum absolute atomic E-state index is 0.510. The summed E-state index contributed by atoms with van der Waals surface area (Å²) in [5.74, 6) is 1.43. The third-order valence-electron chi connectivity index (χ3n) is 3.40. The van der Waals surface area contributed by atoms with Gasteiger partial charge in [-0.3, -0.25) is 0 Å². The summed E-state index contributed by atoms with van der Waals surface area (Å²) in [7, 11) is 0. The monoisotopic (exact) mass is 241 g/mol. The highest BCUT2D eigenvalue weighted by Gasteiger charge is 2.28. The van der Waals surface area contributed by atoms with E-state index in [1.807, 2.05) is 4.68 Å². The lowest BCUT2D eigenvalue weighted by molar-refractivity contribution is 0.226. The van der Waals surface area contributed by atoms with E-state index in [0.717, 1.165) is 56.9 Å². The maximum Gasteiger partial charge on any atom is 0.216 e. The molecule has 5 heteroatoms. The van der Waals surface area contributed by atoms with Crippen molar-refractivity contribution in [3.8, 4) is 5.88 Å². The Hall–Kier alpha value is -0.740. The van der Waals surface area contributed by atoms with Crippen LogP contribution in [0, 0.1) is 0 Å². The van der Waals surface area contributed by atoms with Crippen LogP contribution < -0.4 is 10.1 Å². The molecule has 0 saturated carbocycles. The summed E-state index contributed by atoms with van der Waals surface area (Å²) in [5, 5.41) is 8.37. The zero-order valence-corrected chi connectivity index (χ0v) is 9.96. The number of nitrogens with one attached hydrogen (secondary N) is 1. The van der Waals surface area contributed by atoms with E-state index in [1.165, 1.54) is 0 Å². The van der Waals surface area contributed by atoms with Gasteiger partial charge in [-0.25, -0.2) is 4.68 Å². The molecule has 2 aliphatic heterocycles. The third-order valence-corrected chi connectivity index (χ3v) is 3.68. The summed E-state index contributed by atoms with van der Waals surface area (Å²) in [5.41, 5.74) is 1.14. The average Bonchev–Trinajstić information content (AvgIpc) is 2.66. The maximum atomic E-state index is 6.24. The number of aromatic nitrogens is 2. The summed E-state index contributed by atoms with van der Waals surface area (Å²) >= 11 is 6.24. The van der Waals surface area contributed by atoms with Crippen molar-refractivity contribution in [3.63, 3.8) is 0 Å². The second kappa shape index (κ2) is 4.26. The van der Waals surface area contributed by atoms with Gasteiger partial charge in [0.15, 0.2) is 5.15 Å². The molecule has 0 atom stereocenters. The Balaban J connectivity index is 1.95. The van der Waals surface area contributed by atoms with Crippen molar-refractivity contribution in [2.75, 3.05) is 19.7 Å².